The maximum atomic E-state index is 3.69. The average Bonchev–Trinajstić information content (AvgIpc) is 2.33. The van der Waals surface area contributed by atoms with E-state index in [1.54, 1.807) is 12.3 Å². The molecule has 9 heavy (non-hydrogen) atoms. The molecule has 0 aromatic carbocycles. The molecule has 3 heteroatoms. The lowest BCUT2D eigenvalue weighted by atomic mass is 10.5. The largest absolute Gasteiger partial charge is 0.345 e. The van der Waals surface area contributed by atoms with Crippen LogP contribution in [-0.4, -0.2) is 18.4 Å². The van der Waals surface area contributed by atoms with Crippen molar-refractivity contribution in [2.24, 2.45) is 9.98 Å². The fourth-order valence-corrected chi connectivity index (χ4v) is 0.607. The average molecular weight is 121 g/mol. The van der Waals surface area contributed by atoms with Crippen LogP contribution < -0.4 is 0 Å². The summed E-state index contributed by atoms with van der Waals surface area (Å²) in [5, 5.41) is 0. The molecule has 0 aliphatic heterocycles. The summed E-state index contributed by atoms with van der Waals surface area (Å²) in [5.74, 6) is 0.671. The van der Waals surface area contributed by atoms with E-state index in [1.807, 2.05) is 0 Å². The standard InChI is InChI=1S/C6H7N3/c1-7-5-3-4-9-6(5)8-2/h3-4,9H,1-2H2. The van der Waals surface area contributed by atoms with Crippen molar-refractivity contribution in [3.63, 3.8) is 0 Å². The van der Waals surface area contributed by atoms with Crippen molar-refractivity contribution >= 4 is 24.9 Å². The molecule has 1 aromatic heterocycles. The Hall–Kier alpha value is -1.38. The highest BCUT2D eigenvalue weighted by atomic mass is 14.9. The third kappa shape index (κ3) is 0.887. The molecule has 46 valence electrons. The van der Waals surface area contributed by atoms with Gasteiger partial charge in [0.15, 0.2) is 5.82 Å². The van der Waals surface area contributed by atoms with Crippen molar-refractivity contribution in [1.29, 1.82) is 0 Å². The zero-order valence-electron chi connectivity index (χ0n) is 4.96. The summed E-state index contributed by atoms with van der Waals surface area (Å²) in [6.07, 6.45) is 1.74. The van der Waals surface area contributed by atoms with Gasteiger partial charge in [0.1, 0.15) is 5.69 Å². The lowest BCUT2D eigenvalue weighted by Crippen LogP contribution is -1.57. The molecule has 0 fully saturated rings. The maximum Gasteiger partial charge on any atom is 0.155 e. The van der Waals surface area contributed by atoms with Crippen molar-refractivity contribution in [3.05, 3.63) is 12.3 Å². The highest BCUT2D eigenvalue weighted by Gasteiger charge is 1.94. The summed E-state index contributed by atoms with van der Waals surface area (Å²) in [4.78, 5) is 10.2. The van der Waals surface area contributed by atoms with Crippen molar-refractivity contribution in [3.8, 4) is 0 Å². The molecule has 1 heterocycles. The first-order chi connectivity index (χ1) is 4.38. The number of hydrogen-bond donors (Lipinski definition) is 1. The van der Waals surface area contributed by atoms with Gasteiger partial charge in [0.25, 0.3) is 0 Å². The number of aromatic nitrogens is 1. The number of aliphatic imine (C=N–C) groups is 2. The molecular formula is C6H7N3. The molecule has 0 bridgehead atoms. The Kier molecular flexibility index (Phi) is 1.44. The van der Waals surface area contributed by atoms with E-state index >= 15 is 0 Å². The number of rotatable bonds is 2. The lowest BCUT2D eigenvalue weighted by Gasteiger charge is -1.85. The van der Waals surface area contributed by atoms with Crippen LogP contribution in [0.15, 0.2) is 22.2 Å². The highest BCUT2D eigenvalue weighted by Crippen LogP contribution is 2.23. The second kappa shape index (κ2) is 2.26. The van der Waals surface area contributed by atoms with Crippen molar-refractivity contribution in [2.45, 2.75) is 0 Å². The van der Waals surface area contributed by atoms with Gasteiger partial charge in [-0.1, -0.05) is 0 Å². The first-order valence-electron chi connectivity index (χ1n) is 2.49. The van der Waals surface area contributed by atoms with E-state index in [1.165, 1.54) is 0 Å². The van der Waals surface area contributed by atoms with Gasteiger partial charge in [-0.3, -0.25) is 4.99 Å². The van der Waals surface area contributed by atoms with Crippen LogP contribution in [0, 0.1) is 0 Å². The normalized spacial score (nSPS) is 8.89. The third-order valence-electron chi connectivity index (χ3n) is 1.03. The van der Waals surface area contributed by atoms with E-state index in [-0.39, 0.29) is 0 Å². The van der Waals surface area contributed by atoms with E-state index in [9.17, 15) is 0 Å². The predicted octanol–water partition coefficient (Wildman–Crippen LogP) is 1.68. The SMILES string of the molecule is C=Nc1cc[nH]c1N=C. The van der Waals surface area contributed by atoms with Gasteiger partial charge in [0, 0.05) is 6.20 Å². The van der Waals surface area contributed by atoms with Crippen LogP contribution in [0.2, 0.25) is 0 Å². The topological polar surface area (TPSA) is 40.5 Å². The fourth-order valence-electron chi connectivity index (χ4n) is 0.607. The first-order valence-corrected chi connectivity index (χ1v) is 2.49. The summed E-state index contributed by atoms with van der Waals surface area (Å²) < 4.78 is 0. The van der Waals surface area contributed by atoms with Gasteiger partial charge in [-0.05, 0) is 19.5 Å². The number of nitrogens with one attached hydrogen (secondary N) is 1. The van der Waals surface area contributed by atoms with Crippen molar-refractivity contribution < 1.29 is 0 Å². The Morgan fingerprint density at radius 3 is 2.56 bits per heavy atom. The Morgan fingerprint density at radius 1 is 1.33 bits per heavy atom. The van der Waals surface area contributed by atoms with Gasteiger partial charge >= 0.3 is 0 Å². The molecule has 0 aliphatic carbocycles. The van der Waals surface area contributed by atoms with Gasteiger partial charge < -0.3 is 4.98 Å². The van der Waals surface area contributed by atoms with Gasteiger partial charge in [0.2, 0.25) is 0 Å². The van der Waals surface area contributed by atoms with E-state index in [0.29, 0.717) is 5.82 Å². The summed E-state index contributed by atoms with van der Waals surface area (Å²) in [5.41, 5.74) is 0.741. The molecule has 0 aliphatic rings. The lowest BCUT2D eigenvalue weighted by molar-refractivity contribution is 1.34. The molecule has 1 rings (SSSR count). The van der Waals surface area contributed by atoms with E-state index in [2.05, 4.69) is 28.4 Å². The van der Waals surface area contributed by atoms with E-state index in [0.717, 1.165) is 5.69 Å². The van der Waals surface area contributed by atoms with Crippen LogP contribution in [0.5, 0.6) is 0 Å². The van der Waals surface area contributed by atoms with Crippen molar-refractivity contribution in [2.75, 3.05) is 0 Å². The molecule has 0 radical (unpaired) electrons. The minimum absolute atomic E-state index is 0.671. The predicted molar refractivity (Wildman–Crippen MR) is 39.2 cm³/mol. The smallest absolute Gasteiger partial charge is 0.155 e. The van der Waals surface area contributed by atoms with E-state index in [4.69, 9.17) is 0 Å². The molecule has 3 nitrogen and oxygen atoms in total. The summed E-state index contributed by atoms with van der Waals surface area (Å²) in [6.45, 7) is 6.70. The van der Waals surface area contributed by atoms with Gasteiger partial charge in [-0.2, -0.15) is 0 Å². The zero-order valence-corrected chi connectivity index (χ0v) is 4.96. The molecule has 0 amide bonds. The molecule has 0 unspecified atom stereocenters. The highest BCUT2D eigenvalue weighted by molar-refractivity contribution is 5.62. The van der Waals surface area contributed by atoms with Crippen LogP contribution in [0.3, 0.4) is 0 Å². The Morgan fingerprint density at radius 2 is 2.11 bits per heavy atom. The number of aromatic amines is 1. The van der Waals surface area contributed by atoms with Crippen LogP contribution in [0.1, 0.15) is 0 Å². The minimum atomic E-state index is 0.671. The number of H-pyrrole nitrogens is 1. The van der Waals surface area contributed by atoms with Gasteiger partial charge in [-0.25, -0.2) is 4.99 Å². The Bertz CT molecular complexity index is 201. The molecule has 1 N–H and O–H groups in total. The second-order valence-corrected chi connectivity index (χ2v) is 1.53. The maximum absolute atomic E-state index is 3.69. The van der Waals surface area contributed by atoms with Crippen molar-refractivity contribution in [1.82, 2.24) is 4.98 Å². The first kappa shape index (κ1) is 5.75. The summed E-state index contributed by atoms with van der Waals surface area (Å²) >= 11 is 0. The Labute approximate surface area is 53.2 Å². The Balaban J connectivity index is 3.12. The fraction of sp³-hybridized carbons (Fsp3) is 0. The quantitative estimate of drug-likeness (QED) is 0.578. The van der Waals surface area contributed by atoms with Crippen LogP contribution in [0.25, 0.3) is 0 Å². The molecular weight excluding hydrogens is 114 g/mol. The summed E-state index contributed by atoms with van der Waals surface area (Å²) in [6, 6.07) is 1.79. The second-order valence-electron chi connectivity index (χ2n) is 1.53. The summed E-state index contributed by atoms with van der Waals surface area (Å²) in [7, 11) is 0. The molecule has 1 aromatic rings. The number of nitrogens with zero attached hydrogens (tertiary/aromatic N) is 2. The minimum Gasteiger partial charge on any atom is -0.345 e. The number of hydrogen-bond acceptors (Lipinski definition) is 2. The monoisotopic (exact) mass is 121 g/mol. The third-order valence-corrected chi connectivity index (χ3v) is 1.03. The van der Waals surface area contributed by atoms with Crippen LogP contribution in [-0.2, 0) is 0 Å². The molecule has 0 atom stereocenters. The molecule has 0 saturated heterocycles. The van der Waals surface area contributed by atoms with Gasteiger partial charge in [0.05, 0.1) is 0 Å². The van der Waals surface area contributed by atoms with E-state index < -0.39 is 0 Å². The molecule has 0 spiro atoms. The zero-order chi connectivity index (χ0) is 6.69. The van der Waals surface area contributed by atoms with Gasteiger partial charge in [-0.15, -0.1) is 0 Å². The molecule has 0 saturated carbocycles. The van der Waals surface area contributed by atoms with Crippen LogP contribution >= 0.6 is 0 Å². The van der Waals surface area contributed by atoms with Crippen LogP contribution in [0.4, 0.5) is 11.5 Å².